The van der Waals surface area contributed by atoms with Crippen LogP contribution in [0.5, 0.6) is 0 Å². The highest BCUT2D eigenvalue weighted by molar-refractivity contribution is 5.84. The zero-order chi connectivity index (χ0) is 22.7. The van der Waals surface area contributed by atoms with E-state index >= 15 is 0 Å². The Morgan fingerprint density at radius 2 is 1.94 bits per heavy atom. The van der Waals surface area contributed by atoms with Crippen LogP contribution in [-0.4, -0.2) is 55.8 Å². The monoisotopic (exact) mass is 430 g/mol. The number of aldehydes is 1. The molecule has 0 atom stereocenters. The van der Waals surface area contributed by atoms with E-state index in [-0.39, 0.29) is 6.42 Å². The summed E-state index contributed by atoms with van der Waals surface area (Å²) in [7, 11) is 2.10. The minimum atomic E-state index is -0.726. The standard InChI is InChI=1S/C21H23N5O.C3H3NO/c1-14-24-19(18-13-23-20-17(26(14)18)7-10-22-20)15-3-5-16(6-4-15)21(27)8-11-25(2)12-9-21;4-2-1-3-5/h3-7,10,13,22,27H,8-9,11-12H2,1-2H3;3H,1H2. The minimum absolute atomic E-state index is 0.0139. The average molecular weight is 431 g/mol. The summed E-state index contributed by atoms with van der Waals surface area (Å²) >= 11 is 0. The van der Waals surface area contributed by atoms with Gasteiger partial charge in [0, 0.05) is 24.8 Å². The lowest BCUT2D eigenvalue weighted by Crippen LogP contribution is -2.40. The Hall–Kier alpha value is -3.54. The molecule has 2 N–H and O–H groups in total. The van der Waals surface area contributed by atoms with Crippen LogP contribution in [0, 0.1) is 18.3 Å². The largest absolute Gasteiger partial charge is 0.385 e. The number of nitriles is 1. The van der Waals surface area contributed by atoms with Crippen molar-refractivity contribution >= 4 is 23.0 Å². The molecule has 0 spiro atoms. The summed E-state index contributed by atoms with van der Waals surface area (Å²) in [6, 6.07) is 11.9. The van der Waals surface area contributed by atoms with E-state index in [1.807, 2.05) is 37.5 Å². The SMILES string of the molecule is Cc1nc(-c2ccc(C3(O)CCN(C)CC3)cc2)c2cnc3[nH]ccc3n12.N#CCC=O. The molecule has 1 aromatic carbocycles. The Labute approximate surface area is 186 Å². The molecule has 0 radical (unpaired) electrons. The lowest BCUT2D eigenvalue weighted by molar-refractivity contribution is -0.107. The van der Waals surface area contributed by atoms with Gasteiger partial charge in [0.05, 0.1) is 41.0 Å². The van der Waals surface area contributed by atoms with Gasteiger partial charge in [0.1, 0.15) is 12.1 Å². The molecule has 0 unspecified atom stereocenters. The molecule has 5 rings (SSSR count). The summed E-state index contributed by atoms with van der Waals surface area (Å²) in [5.74, 6) is 0.935. The zero-order valence-corrected chi connectivity index (χ0v) is 18.2. The third-order valence-electron chi connectivity index (χ3n) is 6.03. The van der Waals surface area contributed by atoms with Gasteiger partial charge in [0.2, 0.25) is 0 Å². The van der Waals surface area contributed by atoms with Gasteiger partial charge in [-0.25, -0.2) is 9.97 Å². The van der Waals surface area contributed by atoms with E-state index < -0.39 is 5.60 Å². The van der Waals surface area contributed by atoms with Gasteiger partial charge in [0.25, 0.3) is 0 Å². The Morgan fingerprint density at radius 3 is 2.56 bits per heavy atom. The number of nitrogens with zero attached hydrogens (tertiary/aromatic N) is 5. The van der Waals surface area contributed by atoms with Gasteiger partial charge >= 0.3 is 0 Å². The quantitative estimate of drug-likeness (QED) is 0.483. The van der Waals surface area contributed by atoms with Gasteiger partial charge in [0.15, 0.2) is 5.65 Å². The van der Waals surface area contributed by atoms with Crippen LogP contribution in [0.2, 0.25) is 0 Å². The molecule has 4 aromatic rings. The number of likely N-dealkylation sites (tertiary alicyclic amines) is 1. The Balaban J connectivity index is 0.000000444. The van der Waals surface area contributed by atoms with E-state index in [1.54, 1.807) is 6.07 Å². The number of hydrogen-bond acceptors (Lipinski definition) is 6. The van der Waals surface area contributed by atoms with Gasteiger partial charge in [-0.3, -0.25) is 4.40 Å². The van der Waals surface area contributed by atoms with Crippen molar-refractivity contribution in [3.05, 3.63) is 54.1 Å². The van der Waals surface area contributed by atoms with Gasteiger partial charge < -0.3 is 19.8 Å². The maximum atomic E-state index is 11.0. The number of imidazole rings is 1. The van der Waals surface area contributed by atoms with E-state index in [0.29, 0.717) is 6.29 Å². The average Bonchev–Trinajstić information content (AvgIpc) is 3.41. The second-order valence-corrected chi connectivity index (χ2v) is 8.14. The van der Waals surface area contributed by atoms with Crippen LogP contribution in [0.1, 0.15) is 30.7 Å². The van der Waals surface area contributed by atoms with Crippen LogP contribution >= 0.6 is 0 Å². The van der Waals surface area contributed by atoms with Crippen molar-refractivity contribution in [2.45, 2.75) is 31.8 Å². The van der Waals surface area contributed by atoms with Crippen LogP contribution in [0.4, 0.5) is 0 Å². The number of carbonyl (C=O) groups is 1. The molecule has 32 heavy (non-hydrogen) atoms. The second-order valence-electron chi connectivity index (χ2n) is 8.14. The summed E-state index contributed by atoms with van der Waals surface area (Å²) in [4.78, 5) is 23.9. The van der Waals surface area contributed by atoms with Crippen molar-refractivity contribution in [3.8, 4) is 17.3 Å². The molecular weight excluding hydrogens is 404 g/mol. The van der Waals surface area contributed by atoms with Crippen LogP contribution < -0.4 is 0 Å². The number of benzene rings is 1. The van der Waals surface area contributed by atoms with Gasteiger partial charge in [-0.15, -0.1) is 0 Å². The number of nitrogens with one attached hydrogen (secondary N) is 1. The molecule has 0 saturated carbocycles. The second kappa shape index (κ2) is 8.91. The molecule has 3 aromatic heterocycles. The smallest absolute Gasteiger partial charge is 0.154 e. The van der Waals surface area contributed by atoms with E-state index in [1.165, 1.54) is 0 Å². The summed E-state index contributed by atoms with van der Waals surface area (Å²) in [6.45, 7) is 3.85. The first-order chi connectivity index (χ1) is 15.5. The Kier molecular flexibility index (Phi) is 6.04. The first kappa shape index (κ1) is 21.7. The topological polar surface area (TPSA) is 110 Å². The summed E-state index contributed by atoms with van der Waals surface area (Å²) in [5.41, 5.74) is 5.10. The number of carbonyl (C=O) groups excluding carboxylic acids is 1. The first-order valence-electron chi connectivity index (χ1n) is 10.6. The predicted molar refractivity (Wildman–Crippen MR) is 122 cm³/mol. The molecule has 8 nitrogen and oxygen atoms in total. The maximum Gasteiger partial charge on any atom is 0.154 e. The number of piperidine rings is 1. The number of H-pyrrole nitrogens is 1. The summed E-state index contributed by atoms with van der Waals surface area (Å²) in [6.07, 6.45) is 5.88. The molecule has 4 heterocycles. The lowest BCUT2D eigenvalue weighted by atomic mass is 9.84. The van der Waals surface area contributed by atoms with E-state index in [9.17, 15) is 9.90 Å². The van der Waals surface area contributed by atoms with E-state index in [0.717, 1.165) is 65.3 Å². The number of rotatable bonds is 3. The molecule has 0 amide bonds. The molecular formula is C24H26N6O2. The third-order valence-corrected chi connectivity index (χ3v) is 6.03. The first-order valence-corrected chi connectivity index (χ1v) is 10.6. The molecule has 0 bridgehead atoms. The van der Waals surface area contributed by atoms with Gasteiger partial charge in [-0.2, -0.15) is 5.26 Å². The van der Waals surface area contributed by atoms with Gasteiger partial charge in [-0.1, -0.05) is 24.3 Å². The highest BCUT2D eigenvalue weighted by atomic mass is 16.3. The number of aromatic nitrogens is 4. The third kappa shape index (κ3) is 4.00. The van der Waals surface area contributed by atoms with Crippen molar-refractivity contribution in [3.63, 3.8) is 0 Å². The molecule has 1 aliphatic rings. The number of hydrogen-bond donors (Lipinski definition) is 2. The van der Waals surface area contributed by atoms with Crippen molar-refractivity contribution in [2.24, 2.45) is 0 Å². The zero-order valence-electron chi connectivity index (χ0n) is 18.2. The fourth-order valence-corrected chi connectivity index (χ4v) is 4.20. The summed E-state index contributed by atoms with van der Waals surface area (Å²) in [5, 5.41) is 18.6. The fourth-order valence-electron chi connectivity index (χ4n) is 4.20. The van der Waals surface area contributed by atoms with Crippen molar-refractivity contribution in [1.82, 2.24) is 24.3 Å². The number of aromatic amines is 1. The molecule has 1 fully saturated rings. The highest BCUT2D eigenvalue weighted by Crippen LogP contribution is 2.34. The van der Waals surface area contributed by atoms with Gasteiger partial charge in [-0.05, 0) is 38.4 Å². The molecule has 1 saturated heterocycles. The Morgan fingerprint density at radius 1 is 1.22 bits per heavy atom. The van der Waals surface area contributed by atoms with Crippen molar-refractivity contribution < 1.29 is 9.90 Å². The van der Waals surface area contributed by atoms with E-state index in [4.69, 9.17) is 10.2 Å². The molecule has 0 aliphatic carbocycles. The predicted octanol–water partition coefficient (Wildman–Crippen LogP) is 3.20. The molecule has 164 valence electrons. The van der Waals surface area contributed by atoms with Crippen molar-refractivity contribution in [1.29, 1.82) is 5.26 Å². The van der Waals surface area contributed by atoms with Crippen LogP contribution in [0.25, 0.3) is 27.9 Å². The fraction of sp³-hybridized carbons (Fsp3) is 0.333. The maximum absolute atomic E-state index is 11.0. The number of aliphatic hydroxyl groups is 1. The van der Waals surface area contributed by atoms with Crippen LogP contribution in [-0.2, 0) is 10.4 Å². The van der Waals surface area contributed by atoms with E-state index in [2.05, 4.69) is 38.4 Å². The number of aryl methyl sites for hydroxylation is 1. The van der Waals surface area contributed by atoms with Crippen molar-refractivity contribution in [2.75, 3.05) is 20.1 Å². The summed E-state index contributed by atoms with van der Waals surface area (Å²) < 4.78 is 2.13. The highest BCUT2D eigenvalue weighted by Gasteiger charge is 2.32. The Bertz CT molecular complexity index is 1270. The number of fused-ring (bicyclic) bond motifs is 3. The normalized spacial score (nSPS) is 15.8. The minimum Gasteiger partial charge on any atom is -0.385 e. The lowest BCUT2D eigenvalue weighted by Gasteiger charge is -2.37. The van der Waals surface area contributed by atoms with Crippen LogP contribution in [0.3, 0.4) is 0 Å². The molecule has 8 heteroatoms. The molecule has 1 aliphatic heterocycles. The van der Waals surface area contributed by atoms with Crippen LogP contribution in [0.15, 0.2) is 42.7 Å².